The largest absolute Gasteiger partial charge is 0.458 e. The molecule has 0 aromatic heterocycles. The Morgan fingerprint density at radius 3 is 2.61 bits per heavy atom. The maximum absolute atomic E-state index is 10.5. The van der Waals surface area contributed by atoms with E-state index in [0.717, 1.165) is 5.92 Å². The number of fused-ring (bicyclic) bond motifs is 1. The van der Waals surface area contributed by atoms with Crippen LogP contribution in [0.2, 0.25) is 0 Å². The molecule has 1 saturated heterocycles. The Kier molecular flexibility index (Phi) is 5.86. The Bertz CT molecular complexity index is 333. The van der Waals surface area contributed by atoms with Gasteiger partial charge in [0.25, 0.3) is 0 Å². The van der Waals surface area contributed by atoms with Crippen molar-refractivity contribution in [2.75, 3.05) is 6.61 Å². The summed E-state index contributed by atoms with van der Waals surface area (Å²) in [4.78, 5) is 10.5. The fourth-order valence-corrected chi connectivity index (χ4v) is 1.91. The lowest BCUT2D eigenvalue weighted by Gasteiger charge is -2.12. The summed E-state index contributed by atoms with van der Waals surface area (Å²) in [6.07, 6.45) is 8.63. The van der Waals surface area contributed by atoms with Crippen LogP contribution in [0.1, 0.15) is 26.2 Å². The van der Waals surface area contributed by atoms with E-state index in [-0.39, 0.29) is 12.6 Å². The van der Waals surface area contributed by atoms with Gasteiger partial charge in [-0.05, 0) is 32.1 Å². The van der Waals surface area contributed by atoms with Crippen LogP contribution in [-0.2, 0) is 14.3 Å². The summed E-state index contributed by atoms with van der Waals surface area (Å²) in [6.45, 7) is 12.4. The topological polar surface area (TPSA) is 38.8 Å². The number of allylic oxidation sites excluding steroid dienone is 1. The van der Waals surface area contributed by atoms with E-state index >= 15 is 0 Å². The number of esters is 1. The van der Waals surface area contributed by atoms with Crippen LogP contribution >= 0.6 is 0 Å². The van der Waals surface area contributed by atoms with Gasteiger partial charge in [-0.25, -0.2) is 4.79 Å². The minimum atomic E-state index is -0.366. The molecule has 0 radical (unpaired) electrons. The minimum absolute atomic E-state index is 0.256. The zero-order valence-electron chi connectivity index (χ0n) is 11.1. The molecule has 0 aromatic carbocycles. The molecule has 0 aromatic rings. The number of epoxide rings is 1. The molecule has 3 atom stereocenters. The number of carbonyl (C=O) groups is 1. The van der Waals surface area contributed by atoms with Crippen molar-refractivity contribution in [2.24, 2.45) is 5.92 Å². The molecule has 1 aliphatic carbocycles. The fraction of sp³-hybridized carbons (Fsp3) is 0.533. The van der Waals surface area contributed by atoms with Crippen molar-refractivity contribution in [1.82, 2.24) is 0 Å². The smallest absolute Gasteiger partial charge is 0.333 e. The van der Waals surface area contributed by atoms with Crippen LogP contribution < -0.4 is 0 Å². The van der Waals surface area contributed by atoms with Gasteiger partial charge in [0, 0.05) is 5.57 Å². The lowest BCUT2D eigenvalue weighted by molar-refractivity contribution is -0.137. The standard InChI is InChI=1S/C8H12O.C7H10O2/c1-2-6-3-4-7-8(5-6)9-7;1-4-5-9-7(8)6(2)3/h2,6-8H,1,3-5H2;4H,1-2,5H2,3H3. The first-order valence-electron chi connectivity index (χ1n) is 6.30. The second-order valence-electron chi connectivity index (χ2n) is 4.69. The number of rotatable bonds is 4. The highest BCUT2D eigenvalue weighted by Gasteiger charge is 2.42. The number of carbonyl (C=O) groups excluding carboxylic acids is 1. The second-order valence-corrected chi connectivity index (χ2v) is 4.69. The number of hydrogen-bond donors (Lipinski definition) is 0. The van der Waals surface area contributed by atoms with Crippen LogP contribution in [0.15, 0.2) is 37.5 Å². The molecule has 3 nitrogen and oxygen atoms in total. The molecule has 2 aliphatic rings. The first-order chi connectivity index (χ1) is 8.58. The summed E-state index contributed by atoms with van der Waals surface area (Å²) >= 11 is 0. The van der Waals surface area contributed by atoms with E-state index in [0.29, 0.717) is 17.8 Å². The highest BCUT2D eigenvalue weighted by atomic mass is 16.6. The molecule has 1 saturated carbocycles. The molecule has 0 bridgehead atoms. The molecule has 1 aliphatic heterocycles. The van der Waals surface area contributed by atoms with Crippen LogP contribution in [0.25, 0.3) is 0 Å². The Hall–Kier alpha value is -1.35. The predicted octanol–water partition coefficient (Wildman–Crippen LogP) is 3.03. The fourth-order valence-electron chi connectivity index (χ4n) is 1.91. The zero-order chi connectivity index (χ0) is 13.5. The first kappa shape index (κ1) is 14.7. The maximum atomic E-state index is 10.5. The first-order valence-corrected chi connectivity index (χ1v) is 6.30. The van der Waals surface area contributed by atoms with Gasteiger partial charge >= 0.3 is 5.97 Å². The summed E-state index contributed by atoms with van der Waals surface area (Å²) in [7, 11) is 0. The average molecular weight is 250 g/mol. The summed E-state index contributed by atoms with van der Waals surface area (Å²) in [5.74, 6) is 0.378. The Balaban J connectivity index is 0.000000180. The summed E-state index contributed by atoms with van der Waals surface area (Å²) < 4.78 is 9.96. The van der Waals surface area contributed by atoms with Crippen LogP contribution in [0, 0.1) is 5.92 Å². The average Bonchev–Trinajstić information content (AvgIpc) is 3.14. The maximum Gasteiger partial charge on any atom is 0.333 e. The monoisotopic (exact) mass is 250 g/mol. The van der Waals surface area contributed by atoms with Gasteiger partial charge in [-0.1, -0.05) is 25.3 Å². The van der Waals surface area contributed by atoms with E-state index in [9.17, 15) is 4.79 Å². The minimum Gasteiger partial charge on any atom is -0.458 e. The van der Waals surface area contributed by atoms with Crippen LogP contribution in [0.4, 0.5) is 0 Å². The molecule has 100 valence electrons. The van der Waals surface area contributed by atoms with E-state index in [4.69, 9.17) is 4.74 Å². The molecular formula is C15H22O3. The van der Waals surface area contributed by atoms with Gasteiger partial charge in [-0.2, -0.15) is 0 Å². The van der Waals surface area contributed by atoms with Crippen molar-refractivity contribution in [3.63, 3.8) is 0 Å². The Morgan fingerprint density at radius 1 is 1.39 bits per heavy atom. The molecular weight excluding hydrogens is 228 g/mol. The normalized spacial score (nSPS) is 27.9. The molecule has 2 fully saturated rings. The van der Waals surface area contributed by atoms with E-state index in [1.54, 1.807) is 6.92 Å². The highest BCUT2D eigenvalue weighted by Crippen LogP contribution is 2.39. The van der Waals surface area contributed by atoms with Gasteiger partial charge in [-0.3, -0.25) is 0 Å². The van der Waals surface area contributed by atoms with E-state index in [2.05, 4.69) is 30.5 Å². The summed E-state index contributed by atoms with van der Waals surface area (Å²) in [6, 6.07) is 0. The molecule has 3 heteroatoms. The van der Waals surface area contributed by atoms with Gasteiger partial charge in [0.15, 0.2) is 0 Å². The summed E-state index contributed by atoms with van der Waals surface area (Å²) in [5.41, 5.74) is 0.414. The van der Waals surface area contributed by atoms with Crippen LogP contribution in [0.5, 0.6) is 0 Å². The van der Waals surface area contributed by atoms with E-state index in [1.807, 2.05) is 0 Å². The molecule has 2 rings (SSSR count). The van der Waals surface area contributed by atoms with Crippen molar-refractivity contribution in [2.45, 2.75) is 38.4 Å². The third-order valence-corrected chi connectivity index (χ3v) is 3.06. The van der Waals surface area contributed by atoms with Crippen molar-refractivity contribution in [3.8, 4) is 0 Å². The van der Waals surface area contributed by atoms with Crippen molar-refractivity contribution in [3.05, 3.63) is 37.5 Å². The van der Waals surface area contributed by atoms with E-state index in [1.165, 1.54) is 25.3 Å². The SMILES string of the molecule is C=CC1CCC2OC2C1.C=CCOC(=O)C(=C)C. The van der Waals surface area contributed by atoms with Crippen molar-refractivity contribution < 1.29 is 14.3 Å². The zero-order valence-corrected chi connectivity index (χ0v) is 11.1. The van der Waals surface area contributed by atoms with Gasteiger partial charge in [0.2, 0.25) is 0 Å². The molecule has 0 amide bonds. The third-order valence-electron chi connectivity index (χ3n) is 3.06. The van der Waals surface area contributed by atoms with Gasteiger partial charge in [0.05, 0.1) is 12.2 Å². The molecule has 18 heavy (non-hydrogen) atoms. The molecule has 1 heterocycles. The molecule has 0 spiro atoms. The number of ether oxygens (including phenoxy) is 2. The molecule has 0 N–H and O–H groups in total. The van der Waals surface area contributed by atoms with E-state index < -0.39 is 0 Å². The van der Waals surface area contributed by atoms with Gasteiger partial charge < -0.3 is 9.47 Å². The van der Waals surface area contributed by atoms with Crippen LogP contribution in [0.3, 0.4) is 0 Å². The molecule has 3 unspecified atom stereocenters. The second kappa shape index (κ2) is 7.17. The quantitative estimate of drug-likeness (QED) is 0.333. The van der Waals surface area contributed by atoms with Crippen molar-refractivity contribution >= 4 is 5.97 Å². The lowest BCUT2D eigenvalue weighted by atomic mass is 9.90. The van der Waals surface area contributed by atoms with Gasteiger partial charge in [0.1, 0.15) is 6.61 Å². The highest BCUT2D eigenvalue weighted by molar-refractivity contribution is 5.86. The van der Waals surface area contributed by atoms with Gasteiger partial charge in [-0.15, -0.1) is 6.58 Å². The Morgan fingerprint density at radius 2 is 2.11 bits per heavy atom. The predicted molar refractivity (Wildman–Crippen MR) is 72.2 cm³/mol. The lowest BCUT2D eigenvalue weighted by Crippen LogP contribution is -2.10. The number of hydrogen-bond acceptors (Lipinski definition) is 3. The summed E-state index contributed by atoms with van der Waals surface area (Å²) in [5, 5.41) is 0. The van der Waals surface area contributed by atoms with Crippen molar-refractivity contribution in [1.29, 1.82) is 0 Å². The Labute approximate surface area is 109 Å². The van der Waals surface area contributed by atoms with Crippen LogP contribution in [-0.4, -0.2) is 24.8 Å². The third kappa shape index (κ3) is 4.88.